The summed E-state index contributed by atoms with van der Waals surface area (Å²) in [6, 6.07) is 10.7. The van der Waals surface area contributed by atoms with Crippen molar-refractivity contribution in [3.63, 3.8) is 0 Å². The number of thioether (sulfide) groups is 1. The van der Waals surface area contributed by atoms with E-state index in [-0.39, 0.29) is 23.0 Å². The second-order valence-corrected chi connectivity index (χ2v) is 10.4. The zero-order valence-electron chi connectivity index (χ0n) is 21.9. The predicted molar refractivity (Wildman–Crippen MR) is 151 cm³/mol. The van der Waals surface area contributed by atoms with Gasteiger partial charge in [-0.25, -0.2) is 13.6 Å². The molecule has 0 aliphatic heterocycles. The molecule has 2 heterocycles. The second-order valence-electron chi connectivity index (χ2n) is 8.62. The van der Waals surface area contributed by atoms with Crippen LogP contribution in [-0.2, 0) is 16.1 Å². The quantitative estimate of drug-likeness (QED) is 0.123. The van der Waals surface area contributed by atoms with Crippen molar-refractivity contribution in [2.75, 3.05) is 18.2 Å². The molecule has 0 spiro atoms. The van der Waals surface area contributed by atoms with Crippen LogP contribution in [0.5, 0.6) is 5.75 Å². The van der Waals surface area contributed by atoms with Crippen LogP contribution in [0.2, 0.25) is 0 Å². The maximum absolute atomic E-state index is 14.1. The summed E-state index contributed by atoms with van der Waals surface area (Å²) in [7, 11) is 1.29. The first-order chi connectivity index (χ1) is 19.2. The lowest BCUT2D eigenvalue weighted by molar-refractivity contribution is -0.113. The highest BCUT2D eigenvalue weighted by molar-refractivity contribution is 7.99. The number of methoxy groups -OCH3 is 1. The summed E-state index contributed by atoms with van der Waals surface area (Å²) >= 11 is 2.36. The number of benzene rings is 2. The highest BCUT2D eigenvalue weighted by Gasteiger charge is 2.24. The van der Waals surface area contributed by atoms with E-state index >= 15 is 0 Å². The van der Waals surface area contributed by atoms with Gasteiger partial charge in [-0.3, -0.25) is 9.36 Å². The van der Waals surface area contributed by atoms with Gasteiger partial charge in [0.1, 0.15) is 16.4 Å². The van der Waals surface area contributed by atoms with Gasteiger partial charge in [-0.15, -0.1) is 28.1 Å². The number of esters is 1. The minimum absolute atomic E-state index is 0.0323. The van der Waals surface area contributed by atoms with Crippen LogP contribution in [-0.4, -0.2) is 39.5 Å². The van der Waals surface area contributed by atoms with Crippen molar-refractivity contribution in [3.8, 4) is 16.9 Å². The fourth-order valence-corrected chi connectivity index (χ4v) is 5.54. The van der Waals surface area contributed by atoms with Crippen LogP contribution in [0.25, 0.3) is 11.1 Å². The number of halogens is 2. The standard InChI is InChI=1S/C28H26F2N4O4S2/c1-5-12-34-25(17(3)38-22-11-10-19(29)13-21(22)30)32-33-28(34)40-15-23(35)31-26-24(27(36)37-4)20(14-39-26)18-8-6-16(2)7-9-18/h5-11,13-14,17H,1,12,15H2,2-4H3,(H,31,35). The van der Waals surface area contributed by atoms with Gasteiger partial charge in [-0.1, -0.05) is 47.7 Å². The van der Waals surface area contributed by atoms with Crippen LogP contribution in [0, 0.1) is 18.6 Å². The van der Waals surface area contributed by atoms with Gasteiger partial charge >= 0.3 is 5.97 Å². The molecule has 0 aliphatic rings. The summed E-state index contributed by atoms with van der Waals surface area (Å²) in [5, 5.41) is 13.7. The van der Waals surface area contributed by atoms with Crippen molar-refractivity contribution in [1.82, 2.24) is 14.8 Å². The van der Waals surface area contributed by atoms with Crippen molar-refractivity contribution >= 4 is 40.0 Å². The lowest BCUT2D eigenvalue weighted by Crippen LogP contribution is -2.17. The first kappa shape index (κ1) is 29.0. The number of hydrogen-bond acceptors (Lipinski definition) is 8. The SMILES string of the molecule is C=CCn1c(SCC(=O)Nc2scc(-c3ccc(C)cc3)c2C(=O)OC)nnc1C(C)Oc1ccc(F)cc1F. The van der Waals surface area contributed by atoms with Crippen molar-refractivity contribution in [1.29, 1.82) is 0 Å². The van der Waals surface area contributed by atoms with Crippen molar-refractivity contribution < 1.29 is 27.8 Å². The van der Waals surface area contributed by atoms with E-state index in [0.29, 0.717) is 28.1 Å². The Bertz CT molecular complexity index is 1540. The fraction of sp³-hybridized carbons (Fsp3) is 0.214. The predicted octanol–water partition coefficient (Wildman–Crippen LogP) is 6.44. The molecule has 0 radical (unpaired) electrons. The third-order valence-corrected chi connectivity index (χ3v) is 7.61. The van der Waals surface area contributed by atoms with Gasteiger partial charge in [-0.05, 0) is 31.5 Å². The van der Waals surface area contributed by atoms with Gasteiger partial charge in [0.25, 0.3) is 0 Å². The Balaban J connectivity index is 1.48. The molecular formula is C28H26F2N4O4S2. The smallest absolute Gasteiger partial charge is 0.341 e. The number of ether oxygens (including phenoxy) is 2. The summed E-state index contributed by atoms with van der Waals surface area (Å²) < 4.78 is 39.7. The largest absolute Gasteiger partial charge is 0.480 e. The van der Waals surface area contributed by atoms with Crippen LogP contribution in [0.1, 0.15) is 34.8 Å². The molecule has 2 aromatic heterocycles. The second kappa shape index (κ2) is 12.9. The van der Waals surface area contributed by atoms with E-state index in [1.165, 1.54) is 24.5 Å². The van der Waals surface area contributed by atoms with E-state index < -0.39 is 23.7 Å². The zero-order valence-corrected chi connectivity index (χ0v) is 23.6. The van der Waals surface area contributed by atoms with Crippen LogP contribution in [0.3, 0.4) is 0 Å². The third-order valence-electron chi connectivity index (χ3n) is 5.75. The first-order valence-electron chi connectivity index (χ1n) is 12.1. The van der Waals surface area contributed by atoms with Crippen molar-refractivity contribution in [2.45, 2.75) is 31.7 Å². The Morgan fingerprint density at radius 1 is 1.20 bits per heavy atom. The summed E-state index contributed by atoms with van der Waals surface area (Å²) in [6.45, 7) is 7.69. The van der Waals surface area contributed by atoms with Gasteiger partial charge in [-0.2, -0.15) is 0 Å². The minimum atomic E-state index is -0.835. The Kier molecular flexibility index (Phi) is 9.33. The molecule has 0 fully saturated rings. The average Bonchev–Trinajstić information content (AvgIpc) is 3.53. The van der Waals surface area contributed by atoms with Gasteiger partial charge in [0.2, 0.25) is 5.91 Å². The summed E-state index contributed by atoms with van der Waals surface area (Å²) in [5.74, 6) is -2.24. The number of hydrogen-bond donors (Lipinski definition) is 1. The molecular weight excluding hydrogens is 558 g/mol. The number of thiophene rings is 1. The number of aromatic nitrogens is 3. The van der Waals surface area contributed by atoms with Gasteiger partial charge in [0.15, 0.2) is 28.7 Å². The molecule has 1 amide bonds. The minimum Gasteiger partial charge on any atom is -0.480 e. The van der Waals surface area contributed by atoms with Gasteiger partial charge < -0.3 is 14.8 Å². The maximum atomic E-state index is 14.1. The number of carbonyl (C=O) groups is 2. The lowest BCUT2D eigenvalue weighted by Gasteiger charge is -2.16. The molecule has 1 N–H and O–H groups in total. The molecule has 0 saturated heterocycles. The van der Waals surface area contributed by atoms with Gasteiger partial charge in [0, 0.05) is 23.6 Å². The van der Waals surface area contributed by atoms with E-state index in [9.17, 15) is 18.4 Å². The monoisotopic (exact) mass is 584 g/mol. The molecule has 0 bridgehead atoms. The number of anilines is 1. The Morgan fingerprint density at radius 3 is 2.62 bits per heavy atom. The maximum Gasteiger partial charge on any atom is 0.341 e. The molecule has 0 aliphatic carbocycles. The molecule has 208 valence electrons. The van der Waals surface area contributed by atoms with E-state index in [1.807, 2.05) is 31.2 Å². The third kappa shape index (κ3) is 6.57. The van der Waals surface area contributed by atoms with E-state index in [1.54, 1.807) is 22.9 Å². The van der Waals surface area contributed by atoms with E-state index in [2.05, 4.69) is 22.1 Å². The average molecular weight is 585 g/mol. The van der Waals surface area contributed by atoms with E-state index in [0.717, 1.165) is 35.0 Å². The molecule has 40 heavy (non-hydrogen) atoms. The number of rotatable bonds is 11. The molecule has 8 nitrogen and oxygen atoms in total. The normalized spacial score (nSPS) is 11.6. The first-order valence-corrected chi connectivity index (χ1v) is 13.9. The molecule has 4 aromatic rings. The van der Waals surface area contributed by atoms with Crippen LogP contribution < -0.4 is 10.1 Å². The molecule has 1 unspecified atom stereocenters. The highest BCUT2D eigenvalue weighted by atomic mass is 32.2. The molecule has 0 saturated carbocycles. The Morgan fingerprint density at radius 2 is 1.95 bits per heavy atom. The van der Waals surface area contributed by atoms with Crippen molar-refractivity contribution in [3.05, 3.63) is 89.1 Å². The molecule has 1 atom stereocenters. The molecule has 12 heteroatoms. The number of nitrogens with one attached hydrogen (secondary N) is 1. The lowest BCUT2D eigenvalue weighted by atomic mass is 10.0. The van der Waals surface area contributed by atoms with Crippen molar-refractivity contribution in [2.24, 2.45) is 0 Å². The fourth-order valence-electron chi connectivity index (χ4n) is 3.82. The number of carbonyl (C=O) groups excluding carboxylic acids is 2. The topological polar surface area (TPSA) is 95.3 Å². The number of nitrogens with zero attached hydrogens (tertiary/aromatic N) is 3. The summed E-state index contributed by atoms with van der Waals surface area (Å²) in [5.41, 5.74) is 2.87. The number of allylic oxidation sites excluding steroid dienone is 1. The Labute approximate surface area is 238 Å². The van der Waals surface area contributed by atoms with Crippen LogP contribution in [0.4, 0.5) is 13.8 Å². The summed E-state index contributed by atoms with van der Waals surface area (Å²) in [4.78, 5) is 25.5. The van der Waals surface area contributed by atoms with Gasteiger partial charge in [0.05, 0.1) is 12.9 Å². The highest BCUT2D eigenvalue weighted by Crippen LogP contribution is 2.36. The summed E-state index contributed by atoms with van der Waals surface area (Å²) in [6.07, 6.45) is 0.896. The molecule has 4 rings (SSSR count). The number of aryl methyl sites for hydroxylation is 1. The number of amides is 1. The van der Waals surface area contributed by atoms with Crippen LogP contribution in [0.15, 0.2) is 65.7 Å². The van der Waals surface area contributed by atoms with Crippen LogP contribution >= 0.6 is 23.1 Å². The zero-order chi connectivity index (χ0) is 28.8. The molecule has 2 aromatic carbocycles. The Hall–Kier alpha value is -4.03. The van der Waals surface area contributed by atoms with E-state index in [4.69, 9.17) is 9.47 Å².